The van der Waals surface area contributed by atoms with Crippen molar-refractivity contribution in [1.82, 2.24) is 20.0 Å². The normalized spacial score (nSPS) is 24.2. The summed E-state index contributed by atoms with van der Waals surface area (Å²) in [6.45, 7) is 9.91. The zero-order valence-corrected chi connectivity index (χ0v) is 12.6. The van der Waals surface area contributed by atoms with Gasteiger partial charge in [0.2, 0.25) is 0 Å². The summed E-state index contributed by atoms with van der Waals surface area (Å²) in [6, 6.07) is 3.47. The molecule has 1 aliphatic heterocycles. The molecule has 0 spiro atoms. The summed E-state index contributed by atoms with van der Waals surface area (Å²) in [5.41, 5.74) is 2.44. The fourth-order valence-corrected chi connectivity index (χ4v) is 2.88. The van der Waals surface area contributed by atoms with Crippen molar-refractivity contribution in [2.75, 3.05) is 26.3 Å². The van der Waals surface area contributed by atoms with E-state index in [0.29, 0.717) is 6.04 Å². The summed E-state index contributed by atoms with van der Waals surface area (Å²) >= 11 is 0. The Balaban J connectivity index is 1.62. The van der Waals surface area contributed by atoms with Crippen LogP contribution in [0.25, 0.3) is 0 Å². The molecule has 3 rings (SSSR count). The van der Waals surface area contributed by atoms with Gasteiger partial charge in [0.15, 0.2) is 0 Å². The van der Waals surface area contributed by atoms with E-state index in [9.17, 15) is 0 Å². The summed E-state index contributed by atoms with van der Waals surface area (Å²) in [6.07, 6.45) is 2.69. The SMILES string of the molecule is CCn1nc(C)cc1CN1CCOCC1CNC1CC1. The standard InChI is InChI=1S/C15H26N4O/c1-3-19-14(8-12(2)17-19)10-18-6-7-20-11-15(18)9-16-13-4-5-13/h8,13,15-16H,3-7,9-11H2,1-2H3. The molecule has 1 atom stereocenters. The van der Waals surface area contributed by atoms with Crippen LogP contribution in [0.3, 0.4) is 0 Å². The van der Waals surface area contributed by atoms with Crippen molar-refractivity contribution < 1.29 is 4.74 Å². The molecule has 1 saturated carbocycles. The zero-order valence-electron chi connectivity index (χ0n) is 12.6. The van der Waals surface area contributed by atoms with Gasteiger partial charge in [0.05, 0.1) is 24.6 Å². The Morgan fingerprint density at radius 2 is 2.30 bits per heavy atom. The molecule has 0 bridgehead atoms. The van der Waals surface area contributed by atoms with Crippen LogP contribution < -0.4 is 5.32 Å². The minimum atomic E-state index is 0.491. The lowest BCUT2D eigenvalue weighted by Gasteiger charge is -2.35. The van der Waals surface area contributed by atoms with Gasteiger partial charge in [-0.3, -0.25) is 9.58 Å². The van der Waals surface area contributed by atoms with E-state index in [2.05, 4.69) is 39.9 Å². The fourth-order valence-electron chi connectivity index (χ4n) is 2.88. The Bertz CT molecular complexity index is 441. The van der Waals surface area contributed by atoms with Crippen LogP contribution >= 0.6 is 0 Å². The minimum Gasteiger partial charge on any atom is -0.378 e. The monoisotopic (exact) mass is 278 g/mol. The lowest BCUT2D eigenvalue weighted by atomic mass is 10.2. The van der Waals surface area contributed by atoms with Gasteiger partial charge in [-0.2, -0.15) is 5.10 Å². The summed E-state index contributed by atoms with van der Waals surface area (Å²) in [4.78, 5) is 2.54. The van der Waals surface area contributed by atoms with Crippen molar-refractivity contribution in [2.24, 2.45) is 0 Å². The smallest absolute Gasteiger partial charge is 0.0635 e. The van der Waals surface area contributed by atoms with E-state index in [-0.39, 0.29) is 0 Å². The molecule has 0 radical (unpaired) electrons. The second kappa shape index (κ2) is 6.24. The predicted octanol–water partition coefficient (Wildman–Crippen LogP) is 1.16. The molecule has 0 aromatic carbocycles. The van der Waals surface area contributed by atoms with E-state index in [1.807, 2.05) is 0 Å². The second-order valence-electron chi connectivity index (χ2n) is 5.97. The summed E-state index contributed by atoms with van der Waals surface area (Å²) < 4.78 is 7.78. The number of morpholine rings is 1. The first kappa shape index (κ1) is 14.0. The fraction of sp³-hybridized carbons (Fsp3) is 0.800. The molecule has 112 valence electrons. The first-order valence-electron chi connectivity index (χ1n) is 7.84. The third-order valence-electron chi connectivity index (χ3n) is 4.22. The van der Waals surface area contributed by atoms with Gasteiger partial charge >= 0.3 is 0 Å². The number of hydrogen-bond acceptors (Lipinski definition) is 4. The highest BCUT2D eigenvalue weighted by atomic mass is 16.5. The highest BCUT2D eigenvalue weighted by molar-refractivity contribution is 5.09. The molecule has 2 heterocycles. The third kappa shape index (κ3) is 3.40. The summed E-state index contributed by atoms with van der Waals surface area (Å²) in [5, 5.41) is 8.18. The summed E-state index contributed by atoms with van der Waals surface area (Å²) in [5.74, 6) is 0. The number of aryl methyl sites for hydroxylation is 2. The van der Waals surface area contributed by atoms with E-state index >= 15 is 0 Å². The van der Waals surface area contributed by atoms with Crippen LogP contribution in [-0.4, -0.2) is 53.1 Å². The summed E-state index contributed by atoms with van der Waals surface area (Å²) in [7, 11) is 0. The van der Waals surface area contributed by atoms with Gasteiger partial charge in [-0.1, -0.05) is 0 Å². The number of hydrogen-bond donors (Lipinski definition) is 1. The Kier molecular flexibility index (Phi) is 4.38. The van der Waals surface area contributed by atoms with Gasteiger partial charge in [-0.25, -0.2) is 0 Å². The molecule has 5 heteroatoms. The van der Waals surface area contributed by atoms with Gasteiger partial charge in [0.25, 0.3) is 0 Å². The average Bonchev–Trinajstić information content (AvgIpc) is 3.21. The number of nitrogens with zero attached hydrogens (tertiary/aromatic N) is 3. The number of nitrogens with one attached hydrogen (secondary N) is 1. The predicted molar refractivity (Wildman–Crippen MR) is 78.7 cm³/mol. The van der Waals surface area contributed by atoms with Crippen molar-refractivity contribution in [2.45, 2.75) is 51.9 Å². The molecule has 1 aromatic rings. The van der Waals surface area contributed by atoms with Crippen LogP contribution in [0.1, 0.15) is 31.2 Å². The van der Waals surface area contributed by atoms with Gasteiger partial charge in [-0.05, 0) is 32.8 Å². The van der Waals surface area contributed by atoms with E-state index in [1.165, 1.54) is 18.5 Å². The molecule has 1 N–H and O–H groups in total. The molecule has 1 saturated heterocycles. The van der Waals surface area contributed by atoms with E-state index in [4.69, 9.17) is 4.74 Å². The van der Waals surface area contributed by atoms with Crippen molar-refractivity contribution in [1.29, 1.82) is 0 Å². The maximum Gasteiger partial charge on any atom is 0.0635 e. The van der Waals surface area contributed by atoms with Crippen LogP contribution in [0, 0.1) is 6.92 Å². The van der Waals surface area contributed by atoms with Crippen molar-refractivity contribution >= 4 is 0 Å². The largest absolute Gasteiger partial charge is 0.378 e. The van der Waals surface area contributed by atoms with Gasteiger partial charge in [0.1, 0.15) is 0 Å². The van der Waals surface area contributed by atoms with Crippen LogP contribution in [0.2, 0.25) is 0 Å². The first-order chi connectivity index (χ1) is 9.76. The number of aromatic nitrogens is 2. The molecule has 1 aromatic heterocycles. The molecule has 0 amide bonds. The Hall–Kier alpha value is -0.910. The van der Waals surface area contributed by atoms with Crippen LogP contribution in [0.15, 0.2) is 6.07 Å². The molecular weight excluding hydrogens is 252 g/mol. The highest BCUT2D eigenvalue weighted by Gasteiger charge is 2.27. The van der Waals surface area contributed by atoms with Crippen LogP contribution in [0.4, 0.5) is 0 Å². The average molecular weight is 278 g/mol. The molecule has 1 unspecified atom stereocenters. The van der Waals surface area contributed by atoms with Gasteiger partial charge in [0, 0.05) is 38.3 Å². The molecule has 20 heavy (non-hydrogen) atoms. The minimum absolute atomic E-state index is 0.491. The van der Waals surface area contributed by atoms with Crippen molar-refractivity contribution in [3.63, 3.8) is 0 Å². The molecule has 1 aliphatic carbocycles. The molecular formula is C15H26N4O. The lowest BCUT2D eigenvalue weighted by Crippen LogP contribution is -2.50. The zero-order chi connectivity index (χ0) is 13.9. The quantitative estimate of drug-likeness (QED) is 0.848. The third-order valence-corrected chi connectivity index (χ3v) is 4.22. The first-order valence-corrected chi connectivity index (χ1v) is 7.84. The Morgan fingerprint density at radius 1 is 1.45 bits per heavy atom. The maximum absolute atomic E-state index is 5.66. The van der Waals surface area contributed by atoms with Crippen LogP contribution in [0.5, 0.6) is 0 Å². The van der Waals surface area contributed by atoms with E-state index < -0.39 is 0 Å². The Morgan fingerprint density at radius 3 is 3.05 bits per heavy atom. The van der Waals surface area contributed by atoms with Gasteiger partial charge in [-0.15, -0.1) is 0 Å². The van der Waals surface area contributed by atoms with Crippen molar-refractivity contribution in [3.8, 4) is 0 Å². The molecule has 5 nitrogen and oxygen atoms in total. The molecule has 2 aliphatic rings. The Labute approximate surface area is 121 Å². The highest BCUT2D eigenvalue weighted by Crippen LogP contribution is 2.20. The molecule has 2 fully saturated rings. The van der Waals surface area contributed by atoms with Gasteiger partial charge < -0.3 is 10.1 Å². The number of ether oxygens (including phenoxy) is 1. The van der Waals surface area contributed by atoms with E-state index in [1.54, 1.807) is 0 Å². The number of rotatable bonds is 6. The van der Waals surface area contributed by atoms with E-state index in [0.717, 1.165) is 51.1 Å². The van der Waals surface area contributed by atoms with Crippen molar-refractivity contribution in [3.05, 3.63) is 17.5 Å². The van der Waals surface area contributed by atoms with Crippen LogP contribution in [-0.2, 0) is 17.8 Å². The lowest BCUT2D eigenvalue weighted by molar-refractivity contribution is -0.0121. The second-order valence-corrected chi connectivity index (χ2v) is 5.97. The topological polar surface area (TPSA) is 42.3 Å². The maximum atomic E-state index is 5.66.